The van der Waals surface area contributed by atoms with Gasteiger partial charge in [0.05, 0.1) is 46.0 Å². The Morgan fingerprint density at radius 1 is 1.05 bits per heavy atom. The third kappa shape index (κ3) is 4.39. The maximum absolute atomic E-state index is 13.8. The van der Waals surface area contributed by atoms with Gasteiger partial charge >= 0.3 is 12.1 Å². The number of carboxylic acid groups (broad SMARTS) is 1. The summed E-state index contributed by atoms with van der Waals surface area (Å²) >= 11 is 0. The summed E-state index contributed by atoms with van der Waals surface area (Å²) in [5.41, 5.74) is 1.73. The molecular weight excluding hydrogens is 511 g/mol. The van der Waals surface area contributed by atoms with Crippen molar-refractivity contribution in [3.05, 3.63) is 94.8 Å². The molecule has 2 aromatic heterocycles. The molecule has 0 atom stereocenters. The highest BCUT2D eigenvalue weighted by Gasteiger charge is 2.46. The van der Waals surface area contributed by atoms with Gasteiger partial charge in [-0.25, -0.2) is 4.79 Å². The van der Waals surface area contributed by atoms with E-state index < -0.39 is 23.2 Å². The SMILES string of the molecule is Cn1cc2c(cc(C(=O)NC3(c4ccc(C(=O)O)cc4)CC3)c3c2cnn3Cc2ccc(C(F)(F)F)cc2)n1. The highest BCUT2D eigenvalue weighted by molar-refractivity contribution is 6.15. The van der Waals surface area contributed by atoms with Crippen LogP contribution in [-0.4, -0.2) is 36.5 Å². The lowest BCUT2D eigenvalue weighted by Gasteiger charge is -2.19. The average molecular weight is 534 g/mol. The molecule has 11 heteroatoms. The number of hydrogen-bond donors (Lipinski definition) is 2. The van der Waals surface area contributed by atoms with Gasteiger partial charge in [0.25, 0.3) is 5.91 Å². The minimum absolute atomic E-state index is 0.162. The average Bonchev–Trinajstić information content (AvgIpc) is 3.39. The summed E-state index contributed by atoms with van der Waals surface area (Å²) in [4.78, 5) is 25.0. The minimum atomic E-state index is -4.43. The number of alkyl halides is 3. The Balaban J connectivity index is 1.38. The Bertz CT molecular complexity index is 1750. The van der Waals surface area contributed by atoms with Gasteiger partial charge in [-0.05, 0) is 54.3 Å². The molecule has 1 fully saturated rings. The molecule has 39 heavy (non-hydrogen) atoms. The molecule has 5 aromatic rings. The van der Waals surface area contributed by atoms with Crippen molar-refractivity contribution < 1.29 is 27.9 Å². The molecule has 8 nitrogen and oxygen atoms in total. The van der Waals surface area contributed by atoms with E-state index in [0.29, 0.717) is 40.4 Å². The van der Waals surface area contributed by atoms with Crippen LogP contribution in [0, 0.1) is 0 Å². The summed E-state index contributed by atoms with van der Waals surface area (Å²) in [6, 6.07) is 13.0. The summed E-state index contributed by atoms with van der Waals surface area (Å²) in [6.07, 6.45) is 0.435. The van der Waals surface area contributed by atoms with Gasteiger partial charge in [0.1, 0.15) is 0 Å². The summed E-state index contributed by atoms with van der Waals surface area (Å²) in [7, 11) is 1.78. The third-order valence-electron chi connectivity index (χ3n) is 7.17. The smallest absolute Gasteiger partial charge is 0.416 e. The van der Waals surface area contributed by atoms with Crippen LogP contribution in [0.5, 0.6) is 0 Å². The first-order valence-electron chi connectivity index (χ1n) is 12.2. The number of benzene rings is 3. The van der Waals surface area contributed by atoms with Crippen LogP contribution in [0.3, 0.4) is 0 Å². The van der Waals surface area contributed by atoms with Crippen LogP contribution >= 0.6 is 0 Å². The summed E-state index contributed by atoms with van der Waals surface area (Å²) in [5, 5.41) is 22.8. The van der Waals surface area contributed by atoms with E-state index in [1.807, 2.05) is 6.20 Å². The Morgan fingerprint density at radius 2 is 1.74 bits per heavy atom. The number of fused-ring (bicyclic) bond motifs is 3. The summed E-state index contributed by atoms with van der Waals surface area (Å²) < 4.78 is 42.3. The fourth-order valence-electron chi connectivity index (χ4n) is 4.98. The number of nitrogens with one attached hydrogen (secondary N) is 1. The van der Waals surface area contributed by atoms with Gasteiger partial charge in [0, 0.05) is 24.0 Å². The standard InChI is InChI=1S/C28H22F3N5O3/c1-35-15-22-21-13-32-36(14-16-2-6-19(7-3-16)28(29,30)31)24(21)20(12-23(22)34-35)25(37)33-27(10-11-27)18-8-4-17(5-9-18)26(38)39/h2-9,12-13,15H,10-11,14H2,1H3,(H,33,37)(H,38,39). The van der Waals surface area contributed by atoms with Crippen molar-refractivity contribution in [1.29, 1.82) is 0 Å². The third-order valence-corrected chi connectivity index (χ3v) is 7.17. The molecule has 2 heterocycles. The van der Waals surface area contributed by atoms with Gasteiger partial charge in [0.15, 0.2) is 0 Å². The van der Waals surface area contributed by atoms with E-state index in [1.54, 1.807) is 40.8 Å². The Kier molecular flexibility index (Phi) is 5.49. The lowest BCUT2D eigenvalue weighted by molar-refractivity contribution is -0.137. The number of aromatic carboxylic acids is 1. The lowest BCUT2D eigenvalue weighted by Crippen LogP contribution is -2.35. The number of halogens is 3. The van der Waals surface area contributed by atoms with E-state index in [9.17, 15) is 27.9 Å². The second-order valence-corrected chi connectivity index (χ2v) is 9.84. The molecule has 1 aliphatic rings. The largest absolute Gasteiger partial charge is 0.478 e. The van der Waals surface area contributed by atoms with Crippen molar-refractivity contribution in [2.75, 3.05) is 0 Å². The molecule has 0 aliphatic heterocycles. The molecular formula is C28H22F3N5O3. The first-order valence-corrected chi connectivity index (χ1v) is 12.2. The van der Waals surface area contributed by atoms with E-state index in [-0.39, 0.29) is 18.0 Å². The molecule has 198 valence electrons. The first kappa shape index (κ1) is 24.7. The number of nitrogens with zero attached hydrogens (tertiary/aromatic N) is 4. The molecule has 1 saturated carbocycles. The first-order chi connectivity index (χ1) is 18.5. The molecule has 0 spiro atoms. The van der Waals surface area contributed by atoms with Crippen LogP contribution in [0.15, 0.2) is 67.0 Å². The zero-order valence-corrected chi connectivity index (χ0v) is 20.7. The van der Waals surface area contributed by atoms with Crippen LogP contribution in [0.25, 0.3) is 21.8 Å². The fourth-order valence-corrected chi connectivity index (χ4v) is 4.98. The van der Waals surface area contributed by atoms with Gasteiger partial charge < -0.3 is 10.4 Å². The number of aromatic nitrogens is 4. The van der Waals surface area contributed by atoms with Crippen LogP contribution in [0.1, 0.15) is 50.2 Å². The van der Waals surface area contributed by atoms with E-state index >= 15 is 0 Å². The number of carboxylic acids is 1. The van der Waals surface area contributed by atoms with Gasteiger partial charge in [0.2, 0.25) is 0 Å². The number of hydrogen-bond acceptors (Lipinski definition) is 4. The Hall–Kier alpha value is -4.67. The molecule has 0 saturated heterocycles. The maximum Gasteiger partial charge on any atom is 0.416 e. The van der Waals surface area contributed by atoms with Crippen molar-refractivity contribution in [3.8, 4) is 0 Å². The predicted molar refractivity (Wildman–Crippen MR) is 136 cm³/mol. The van der Waals surface area contributed by atoms with Crippen molar-refractivity contribution >= 4 is 33.7 Å². The van der Waals surface area contributed by atoms with Crippen molar-refractivity contribution in [1.82, 2.24) is 24.9 Å². The predicted octanol–water partition coefficient (Wildman–Crippen LogP) is 5.11. The molecule has 6 rings (SSSR count). The number of carbonyl (C=O) groups excluding carboxylic acids is 1. The van der Waals surface area contributed by atoms with Gasteiger partial charge in [-0.2, -0.15) is 23.4 Å². The molecule has 0 unspecified atom stereocenters. The number of aryl methyl sites for hydroxylation is 1. The molecule has 0 radical (unpaired) electrons. The second-order valence-electron chi connectivity index (χ2n) is 9.84. The quantitative estimate of drug-likeness (QED) is 0.316. The topological polar surface area (TPSA) is 102 Å². The van der Waals surface area contributed by atoms with E-state index in [2.05, 4.69) is 15.5 Å². The number of amides is 1. The fraction of sp³-hybridized carbons (Fsp3) is 0.214. The van der Waals surface area contributed by atoms with E-state index in [4.69, 9.17) is 0 Å². The number of carbonyl (C=O) groups is 2. The minimum Gasteiger partial charge on any atom is -0.478 e. The van der Waals surface area contributed by atoms with Crippen molar-refractivity contribution in [2.24, 2.45) is 7.05 Å². The monoisotopic (exact) mass is 533 g/mol. The van der Waals surface area contributed by atoms with Crippen LogP contribution in [-0.2, 0) is 25.3 Å². The summed E-state index contributed by atoms with van der Waals surface area (Å²) in [5.74, 6) is -1.37. The van der Waals surface area contributed by atoms with E-state index in [1.165, 1.54) is 24.3 Å². The zero-order chi connectivity index (χ0) is 27.5. The van der Waals surface area contributed by atoms with Gasteiger partial charge in [-0.1, -0.05) is 24.3 Å². The Morgan fingerprint density at radius 3 is 2.36 bits per heavy atom. The number of rotatable bonds is 6. The van der Waals surface area contributed by atoms with Crippen LogP contribution in [0.2, 0.25) is 0 Å². The van der Waals surface area contributed by atoms with Crippen LogP contribution < -0.4 is 5.32 Å². The van der Waals surface area contributed by atoms with Crippen LogP contribution in [0.4, 0.5) is 13.2 Å². The highest BCUT2D eigenvalue weighted by atomic mass is 19.4. The van der Waals surface area contributed by atoms with Gasteiger partial charge in [-0.15, -0.1) is 0 Å². The highest BCUT2D eigenvalue weighted by Crippen LogP contribution is 2.46. The molecule has 2 N–H and O–H groups in total. The van der Waals surface area contributed by atoms with Crippen molar-refractivity contribution in [3.63, 3.8) is 0 Å². The van der Waals surface area contributed by atoms with E-state index in [0.717, 1.165) is 23.1 Å². The molecule has 0 bridgehead atoms. The summed E-state index contributed by atoms with van der Waals surface area (Å²) in [6.45, 7) is 0.162. The molecule has 1 amide bonds. The Labute approximate surface area is 219 Å². The van der Waals surface area contributed by atoms with Crippen molar-refractivity contribution in [2.45, 2.75) is 31.1 Å². The lowest BCUT2D eigenvalue weighted by atomic mass is 10.0. The molecule has 1 aliphatic carbocycles. The van der Waals surface area contributed by atoms with Gasteiger partial charge in [-0.3, -0.25) is 14.2 Å². The second kappa shape index (κ2) is 8.69. The maximum atomic E-state index is 13.8. The molecule has 3 aromatic carbocycles. The zero-order valence-electron chi connectivity index (χ0n) is 20.7. The normalized spacial score (nSPS) is 14.6.